The molecule has 3 aliphatic rings. The third-order valence-electron chi connectivity index (χ3n) is 5.09. The fourth-order valence-corrected chi connectivity index (χ4v) is 3.85. The average molecular weight is 296 g/mol. The molecule has 2 heterocycles. The lowest BCUT2D eigenvalue weighted by Crippen LogP contribution is -2.47. The largest absolute Gasteiger partial charge is 0.376 e. The Labute approximate surface area is 127 Å². The molecule has 0 aromatic rings. The number of ether oxygens (including phenoxy) is 2. The van der Waals surface area contributed by atoms with Crippen LogP contribution >= 0.6 is 0 Å². The Morgan fingerprint density at radius 2 is 1.57 bits per heavy atom. The summed E-state index contributed by atoms with van der Waals surface area (Å²) in [4.78, 5) is 14.9. The summed E-state index contributed by atoms with van der Waals surface area (Å²) in [5.74, 6) is 0.235. The molecule has 120 valence electrons. The van der Waals surface area contributed by atoms with Gasteiger partial charge in [-0.15, -0.1) is 0 Å². The lowest BCUT2D eigenvalue weighted by atomic mass is 10.0. The van der Waals surface area contributed by atoms with Gasteiger partial charge in [-0.1, -0.05) is 6.42 Å². The van der Waals surface area contributed by atoms with Crippen LogP contribution in [0.5, 0.6) is 0 Å². The summed E-state index contributed by atoms with van der Waals surface area (Å²) in [6.07, 6.45) is 7.73. The van der Waals surface area contributed by atoms with Crippen LogP contribution in [0.25, 0.3) is 0 Å². The van der Waals surface area contributed by atoms with Crippen LogP contribution < -0.4 is 5.73 Å². The fourth-order valence-electron chi connectivity index (χ4n) is 3.85. The highest BCUT2D eigenvalue weighted by molar-refractivity contribution is 5.80. The highest BCUT2D eigenvalue weighted by Crippen LogP contribution is 2.27. The Kier molecular flexibility index (Phi) is 5.14. The van der Waals surface area contributed by atoms with E-state index >= 15 is 0 Å². The summed E-state index contributed by atoms with van der Waals surface area (Å²) in [7, 11) is 0. The van der Waals surface area contributed by atoms with Gasteiger partial charge >= 0.3 is 0 Å². The first-order valence-corrected chi connectivity index (χ1v) is 8.51. The second-order valence-corrected chi connectivity index (χ2v) is 6.71. The van der Waals surface area contributed by atoms with Crippen molar-refractivity contribution >= 4 is 5.91 Å². The molecule has 1 aliphatic carbocycles. The van der Waals surface area contributed by atoms with Crippen molar-refractivity contribution in [2.45, 2.75) is 63.2 Å². The van der Waals surface area contributed by atoms with Crippen LogP contribution in [0.3, 0.4) is 0 Å². The zero-order valence-electron chi connectivity index (χ0n) is 12.8. The van der Waals surface area contributed by atoms with E-state index in [9.17, 15) is 4.79 Å². The van der Waals surface area contributed by atoms with Crippen LogP contribution in [-0.4, -0.2) is 55.4 Å². The first kappa shape index (κ1) is 15.3. The molecule has 4 unspecified atom stereocenters. The van der Waals surface area contributed by atoms with E-state index in [1.807, 2.05) is 4.90 Å². The minimum atomic E-state index is 0.00723. The molecular weight excluding hydrogens is 268 g/mol. The Bertz CT molecular complexity index is 333. The number of carbonyl (C=O) groups excluding carboxylic acids is 1. The van der Waals surface area contributed by atoms with Crippen molar-refractivity contribution in [2.24, 2.45) is 11.7 Å². The van der Waals surface area contributed by atoms with Crippen LogP contribution in [0.15, 0.2) is 0 Å². The molecule has 4 atom stereocenters. The predicted molar refractivity (Wildman–Crippen MR) is 79.8 cm³/mol. The van der Waals surface area contributed by atoms with Crippen LogP contribution in [0, 0.1) is 5.92 Å². The fraction of sp³-hybridized carbons (Fsp3) is 0.938. The molecule has 5 nitrogen and oxygen atoms in total. The normalized spacial score (nSPS) is 36.2. The maximum Gasteiger partial charge on any atom is 0.227 e. The molecule has 2 N–H and O–H groups in total. The Morgan fingerprint density at radius 1 is 0.952 bits per heavy atom. The zero-order valence-corrected chi connectivity index (χ0v) is 12.8. The smallest absolute Gasteiger partial charge is 0.227 e. The molecule has 1 amide bonds. The summed E-state index contributed by atoms with van der Waals surface area (Å²) in [6, 6.07) is 0.0361. The third-order valence-corrected chi connectivity index (χ3v) is 5.09. The lowest BCUT2D eigenvalue weighted by molar-refractivity contribution is -0.139. The van der Waals surface area contributed by atoms with E-state index in [-0.39, 0.29) is 30.1 Å². The van der Waals surface area contributed by atoms with Crippen molar-refractivity contribution in [2.75, 3.05) is 26.3 Å². The van der Waals surface area contributed by atoms with Gasteiger partial charge in [0.15, 0.2) is 0 Å². The topological polar surface area (TPSA) is 64.8 Å². The molecular formula is C16H28N2O3. The van der Waals surface area contributed by atoms with Crippen molar-refractivity contribution in [1.29, 1.82) is 0 Å². The van der Waals surface area contributed by atoms with E-state index in [0.29, 0.717) is 13.1 Å². The first-order chi connectivity index (χ1) is 10.2. The average Bonchev–Trinajstić information content (AvgIpc) is 3.19. The molecule has 1 saturated carbocycles. The molecule has 21 heavy (non-hydrogen) atoms. The highest BCUT2D eigenvalue weighted by atomic mass is 16.5. The molecule has 0 spiro atoms. The minimum Gasteiger partial charge on any atom is -0.376 e. The molecule has 3 rings (SSSR count). The Morgan fingerprint density at radius 3 is 2.00 bits per heavy atom. The highest BCUT2D eigenvalue weighted by Gasteiger charge is 2.35. The molecule has 0 aromatic heterocycles. The van der Waals surface area contributed by atoms with E-state index in [2.05, 4.69) is 0 Å². The molecule has 0 aromatic carbocycles. The van der Waals surface area contributed by atoms with Gasteiger partial charge < -0.3 is 20.1 Å². The van der Waals surface area contributed by atoms with Gasteiger partial charge in [0.1, 0.15) is 0 Å². The number of carbonyl (C=O) groups is 1. The van der Waals surface area contributed by atoms with E-state index in [0.717, 1.165) is 58.2 Å². The first-order valence-electron chi connectivity index (χ1n) is 8.51. The molecule has 0 bridgehead atoms. The van der Waals surface area contributed by atoms with Gasteiger partial charge in [0.25, 0.3) is 0 Å². The van der Waals surface area contributed by atoms with Gasteiger partial charge in [-0.25, -0.2) is 0 Å². The van der Waals surface area contributed by atoms with Crippen molar-refractivity contribution in [3.63, 3.8) is 0 Å². The summed E-state index contributed by atoms with van der Waals surface area (Å²) >= 11 is 0. The summed E-state index contributed by atoms with van der Waals surface area (Å²) in [5, 5.41) is 0. The molecule has 2 saturated heterocycles. The van der Waals surface area contributed by atoms with Gasteiger partial charge in [-0.05, 0) is 38.5 Å². The standard InChI is InChI=1S/C16H28N2O3/c17-15-7-1-6-14(15)16(19)18(10-12-4-2-8-20-12)11-13-5-3-9-21-13/h12-15H,1-11,17H2. The van der Waals surface area contributed by atoms with Crippen molar-refractivity contribution in [1.82, 2.24) is 4.90 Å². The summed E-state index contributed by atoms with van der Waals surface area (Å²) < 4.78 is 11.4. The number of amides is 1. The summed E-state index contributed by atoms with van der Waals surface area (Å²) in [6.45, 7) is 3.08. The number of nitrogens with two attached hydrogens (primary N) is 1. The number of rotatable bonds is 5. The van der Waals surface area contributed by atoms with Gasteiger partial charge in [-0.2, -0.15) is 0 Å². The molecule has 5 heteroatoms. The van der Waals surface area contributed by atoms with Crippen LogP contribution in [0.4, 0.5) is 0 Å². The maximum atomic E-state index is 12.9. The van der Waals surface area contributed by atoms with E-state index < -0.39 is 0 Å². The number of hydrogen-bond acceptors (Lipinski definition) is 4. The van der Waals surface area contributed by atoms with Crippen LogP contribution in [0.2, 0.25) is 0 Å². The third kappa shape index (κ3) is 3.76. The lowest BCUT2D eigenvalue weighted by Gasteiger charge is -2.31. The van der Waals surface area contributed by atoms with Crippen molar-refractivity contribution in [3.05, 3.63) is 0 Å². The van der Waals surface area contributed by atoms with Gasteiger partial charge in [-0.3, -0.25) is 4.79 Å². The second kappa shape index (κ2) is 7.07. The zero-order chi connectivity index (χ0) is 14.7. The van der Waals surface area contributed by atoms with Crippen LogP contribution in [-0.2, 0) is 14.3 Å². The quantitative estimate of drug-likeness (QED) is 0.830. The van der Waals surface area contributed by atoms with E-state index in [4.69, 9.17) is 15.2 Å². The summed E-state index contributed by atoms with van der Waals surface area (Å²) in [5.41, 5.74) is 6.12. The number of nitrogens with zero attached hydrogens (tertiary/aromatic N) is 1. The SMILES string of the molecule is NC1CCCC1C(=O)N(CC1CCCO1)CC1CCCO1. The molecule has 2 aliphatic heterocycles. The second-order valence-electron chi connectivity index (χ2n) is 6.71. The predicted octanol–water partition coefficient (Wildman–Crippen LogP) is 1.30. The van der Waals surface area contributed by atoms with Crippen molar-refractivity contribution < 1.29 is 14.3 Å². The van der Waals surface area contributed by atoms with E-state index in [1.54, 1.807) is 0 Å². The Hall–Kier alpha value is -0.650. The molecule has 3 fully saturated rings. The Balaban J connectivity index is 1.62. The molecule has 0 radical (unpaired) electrons. The maximum absolute atomic E-state index is 12.9. The monoisotopic (exact) mass is 296 g/mol. The van der Waals surface area contributed by atoms with Gasteiger partial charge in [0.2, 0.25) is 5.91 Å². The number of hydrogen-bond donors (Lipinski definition) is 1. The van der Waals surface area contributed by atoms with E-state index in [1.165, 1.54) is 0 Å². The van der Waals surface area contributed by atoms with Gasteiger partial charge in [0, 0.05) is 32.3 Å². The van der Waals surface area contributed by atoms with Gasteiger partial charge in [0.05, 0.1) is 18.1 Å². The minimum absolute atomic E-state index is 0.00723. The van der Waals surface area contributed by atoms with Crippen LogP contribution in [0.1, 0.15) is 44.9 Å². The van der Waals surface area contributed by atoms with Crippen molar-refractivity contribution in [3.8, 4) is 0 Å².